The van der Waals surface area contributed by atoms with Crippen molar-refractivity contribution >= 4 is 0 Å². The predicted molar refractivity (Wildman–Crippen MR) is 56.3 cm³/mol. The topological polar surface area (TPSA) is 0 Å². The summed E-state index contributed by atoms with van der Waals surface area (Å²) in [6, 6.07) is 0. The Bertz CT molecular complexity index is 172. The highest BCUT2D eigenvalue weighted by atomic mass is 14.3. The minimum atomic E-state index is 0.345. The lowest BCUT2D eigenvalue weighted by Crippen LogP contribution is -2.16. The van der Waals surface area contributed by atoms with Gasteiger partial charge in [-0.15, -0.1) is 5.73 Å². The molecule has 0 radical (unpaired) electrons. The van der Waals surface area contributed by atoms with Crippen molar-refractivity contribution in [3.8, 4) is 0 Å². The third-order valence-electron chi connectivity index (χ3n) is 3.03. The highest BCUT2D eigenvalue weighted by Gasteiger charge is 2.22. The van der Waals surface area contributed by atoms with Gasteiger partial charge in [-0.3, -0.25) is 0 Å². The molecule has 0 rings (SSSR count). The standard InChI is InChI=1S/C12H22/c1-6-9-10-12(5,8-3)11(4)7-2/h2,6,8-10H2,1,3-5H3. The zero-order valence-corrected chi connectivity index (χ0v) is 9.04. The number of rotatable bonds is 5. The summed E-state index contributed by atoms with van der Waals surface area (Å²) in [6.07, 6.45) is 5.05. The van der Waals surface area contributed by atoms with Crippen LogP contribution in [-0.2, 0) is 0 Å². The van der Waals surface area contributed by atoms with E-state index in [1.807, 2.05) is 0 Å². The fourth-order valence-corrected chi connectivity index (χ4v) is 1.41. The number of hydrogen-bond donors (Lipinski definition) is 0. The highest BCUT2D eigenvalue weighted by molar-refractivity contribution is 5.07. The number of hydrogen-bond acceptors (Lipinski definition) is 0. The summed E-state index contributed by atoms with van der Waals surface area (Å²) >= 11 is 0. The van der Waals surface area contributed by atoms with E-state index in [4.69, 9.17) is 0 Å². The SMILES string of the molecule is C=C=C(C)C(C)(CC)CCCC. The van der Waals surface area contributed by atoms with Gasteiger partial charge in [0.1, 0.15) is 0 Å². The molecule has 0 N–H and O–H groups in total. The minimum absolute atomic E-state index is 0.345. The molecule has 0 bridgehead atoms. The molecule has 0 heterocycles. The number of allylic oxidation sites excluding steroid dienone is 1. The molecule has 0 aliphatic heterocycles. The summed E-state index contributed by atoms with van der Waals surface area (Å²) in [5.74, 6) is 0. The largest absolute Gasteiger partial charge is 0.129 e. The van der Waals surface area contributed by atoms with E-state index in [-0.39, 0.29) is 0 Å². The van der Waals surface area contributed by atoms with Crippen LogP contribution in [-0.4, -0.2) is 0 Å². The van der Waals surface area contributed by atoms with E-state index >= 15 is 0 Å². The Morgan fingerprint density at radius 3 is 2.33 bits per heavy atom. The van der Waals surface area contributed by atoms with Gasteiger partial charge in [0.2, 0.25) is 0 Å². The Hall–Kier alpha value is -0.480. The molecule has 0 aliphatic carbocycles. The van der Waals surface area contributed by atoms with Gasteiger partial charge in [-0.2, -0.15) is 0 Å². The van der Waals surface area contributed by atoms with E-state index < -0.39 is 0 Å². The van der Waals surface area contributed by atoms with Crippen LogP contribution in [0, 0.1) is 5.41 Å². The molecular weight excluding hydrogens is 144 g/mol. The molecule has 0 nitrogen and oxygen atoms in total. The molecule has 0 fully saturated rings. The maximum Gasteiger partial charge on any atom is -0.00462 e. The van der Waals surface area contributed by atoms with Crippen LogP contribution >= 0.6 is 0 Å². The molecule has 1 unspecified atom stereocenters. The molecule has 0 saturated heterocycles. The summed E-state index contributed by atoms with van der Waals surface area (Å²) in [6.45, 7) is 12.7. The molecule has 0 saturated carbocycles. The van der Waals surface area contributed by atoms with Gasteiger partial charge in [0.25, 0.3) is 0 Å². The van der Waals surface area contributed by atoms with E-state index in [0.717, 1.165) is 0 Å². The molecule has 1 atom stereocenters. The van der Waals surface area contributed by atoms with Crippen molar-refractivity contribution in [2.24, 2.45) is 5.41 Å². The Morgan fingerprint density at radius 1 is 1.42 bits per heavy atom. The molecule has 12 heavy (non-hydrogen) atoms. The van der Waals surface area contributed by atoms with Crippen LogP contribution in [0.4, 0.5) is 0 Å². The lowest BCUT2D eigenvalue weighted by Gasteiger charge is -2.28. The molecule has 0 aromatic heterocycles. The highest BCUT2D eigenvalue weighted by Crippen LogP contribution is 2.35. The second-order valence-electron chi connectivity index (χ2n) is 3.82. The average Bonchev–Trinajstić information content (AvgIpc) is 2.12. The molecule has 0 heteroatoms. The van der Waals surface area contributed by atoms with Gasteiger partial charge < -0.3 is 0 Å². The first-order valence-electron chi connectivity index (χ1n) is 4.97. The molecule has 0 aromatic carbocycles. The zero-order valence-electron chi connectivity index (χ0n) is 9.04. The van der Waals surface area contributed by atoms with Gasteiger partial charge in [-0.05, 0) is 30.8 Å². The zero-order chi connectivity index (χ0) is 9.61. The average molecular weight is 166 g/mol. The van der Waals surface area contributed by atoms with Crippen LogP contribution < -0.4 is 0 Å². The van der Waals surface area contributed by atoms with Crippen LogP contribution in [0.1, 0.15) is 53.4 Å². The summed E-state index contributed by atoms with van der Waals surface area (Å²) in [7, 11) is 0. The molecule has 70 valence electrons. The molecule has 0 aromatic rings. The maximum absolute atomic E-state index is 3.72. The van der Waals surface area contributed by atoms with Crippen LogP contribution in [0.25, 0.3) is 0 Å². The van der Waals surface area contributed by atoms with Gasteiger partial charge in [0, 0.05) is 0 Å². The van der Waals surface area contributed by atoms with Crippen LogP contribution in [0.5, 0.6) is 0 Å². The molecule has 0 aliphatic rings. The van der Waals surface area contributed by atoms with E-state index in [1.165, 1.54) is 31.3 Å². The summed E-state index contributed by atoms with van der Waals surface area (Å²) in [5.41, 5.74) is 4.70. The normalized spacial score (nSPS) is 15.0. The van der Waals surface area contributed by atoms with E-state index in [1.54, 1.807) is 0 Å². The second-order valence-corrected chi connectivity index (χ2v) is 3.82. The van der Waals surface area contributed by atoms with E-state index in [2.05, 4.69) is 40.0 Å². The Morgan fingerprint density at radius 2 is 2.00 bits per heavy atom. The summed E-state index contributed by atoms with van der Waals surface area (Å²) < 4.78 is 0. The van der Waals surface area contributed by atoms with Crippen molar-refractivity contribution in [1.29, 1.82) is 0 Å². The van der Waals surface area contributed by atoms with E-state index in [9.17, 15) is 0 Å². The monoisotopic (exact) mass is 166 g/mol. The number of unbranched alkanes of at least 4 members (excludes halogenated alkanes) is 1. The van der Waals surface area contributed by atoms with Gasteiger partial charge in [-0.25, -0.2) is 0 Å². The fourth-order valence-electron chi connectivity index (χ4n) is 1.41. The van der Waals surface area contributed by atoms with Crippen molar-refractivity contribution in [1.82, 2.24) is 0 Å². The van der Waals surface area contributed by atoms with Crippen molar-refractivity contribution in [3.05, 3.63) is 17.9 Å². The fraction of sp³-hybridized carbons (Fsp3) is 0.750. The Kier molecular flexibility index (Phi) is 5.01. The predicted octanol–water partition coefficient (Wildman–Crippen LogP) is 4.32. The van der Waals surface area contributed by atoms with Gasteiger partial charge >= 0.3 is 0 Å². The summed E-state index contributed by atoms with van der Waals surface area (Å²) in [5, 5.41) is 0. The first kappa shape index (κ1) is 11.5. The molecule has 0 amide bonds. The minimum Gasteiger partial charge on any atom is -0.129 e. The van der Waals surface area contributed by atoms with Crippen molar-refractivity contribution < 1.29 is 0 Å². The van der Waals surface area contributed by atoms with Crippen molar-refractivity contribution in [3.63, 3.8) is 0 Å². The first-order valence-corrected chi connectivity index (χ1v) is 4.97. The third-order valence-corrected chi connectivity index (χ3v) is 3.03. The van der Waals surface area contributed by atoms with Gasteiger partial charge in [0.15, 0.2) is 0 Å². The summed E-state index contributed by atoms with van der Waals surface area (Å²) in [4.78, 5) is 0. The van der Waals surface area contributed by atoms with Crippen LogP contribution in [0.2, 0.25) is 0 Å². The van der Waals surface area contributed by atoms with Crippen molar-refractivity contribution in [2.75, 3.05) is 0 Å². The first-order chi connectivity index (χ1) is 5.60. The van der Waals surface area contributed by atoms with E-state index in [0.29, 0.717) is 5.41 Å². The molecule has 0 spiro atoms. The Labute approximate surface area is 77.4 Å². The van der Waals surface area contributed by atoms with Crippen LogP contribution in [0.15, 0.2) is 17.9 Å². The van der Waals surface area contributed by atoms with Gasteiger partial charge in [0.05, 0.1) is 0 Å². The van der Waals surface area contributed by atoms with Crippen molar-refractivity contribution in [2.45, 2.75) is 53.4 Å². The molecular formula is C12H22. The van der Waals surface area contributed by atoms with Crippen LogP contribution in [0.3, 0.4) is 0 Å². The Balaban J connectivity index is 4.34. The quantitative estimate of drug-likeness (QED) is 0.533. The lowest BCUT2D eigenvalue weighted by molar-refractivity contribution is 0.339. The van der Waals surface area contributed by atoms with Gasteiger partial charge in [-0.1, -0.05) is 40.2 Å². The lowest BCUT2D eigenvalue weighted by atomic mass is 9.77. The third kappa shape index (κ3) is 2.87. The second kappa shape index (κ2) is 5.22. The smallest absolute Gasteiger partial charge is 0.00462 e. The maximum atomic E-state index is 3.72.